The van der Waals surface area contributed by atoms with Gasteiger partial charge >= 0.3 is 18.0 Å². The van der Waals surface area contributed by atoms with Crippen LogP contribution in [0.15, 0.2) is 0 Å². The fourth-order valence-electron chi connectivity index (χ4n) is 3.31. The molecule has 1 saturated heterocycles. The van der Waals surface area contributed by atoms with E-state index in [0.717, 1.165) is 32.1 Å². The molecule has 2 amide bonds. The van der Waals surface area contributed by atoms with Crippen LogP contribution in [-0.4, -0.2) is 51.7 Å². The Hall–Kier alpha value is -1.79. The highest BCUT2D eigenvalue weighted by Crippen LogP contribution is 2.36. The van der Waals surface area contributed by atoms with Crippen LogP contribution in [0, 0.1) is 5.92 Å². The van der Waals surface area contributed by atoms with Crippen molar-refractivity contribution < 1.29 is 24.6 Å². The summed E-state index contributed by atoms with van der Waals surface area (Å²) in [7, 11) is 0. The summed E-state index contributed by atoms with van der Waals surface area (Å²) in [6.45, 7) is 0.617. The zero-order chi connectivity index (χ0) is 14.7. The summed E-state index contributed by atoms with van der Waals surface area (Å²) in [5.41, 5.74) is 0. The number of carbonyl (C=O) groups excluding carboxylic acids is 1. The molecule has 7 heteroatoms. The lowest BCUT2D eigenvalue weighted by Gasteiger charge is -2.38. The minimum Gasteiger partial charge on any atom is -0.481 e. The molecule has 2 rings (SSSR count). The van der Waals surface area contributed by atoms with Gasteiger partial charge in [-0.1, -0.05) is 6.42 Å². The molecule has 3 atom stereocenters. The van der Waals surface area contributed by atoms with E-state index in [1.54, 1.807) is 4.90 Å². The van der Waals surface area contributed by atoms with E-state index in [2.05, 4.69) is 5.32 Å². The summed E-state index contributed by atoms with van der Waals surface area (Å²) >= 11 is 0. The number of carboxylic acid groups (broad SMARTS) is 2. The molecule has 0 bridgehead atoms. The molecule has 0 aromatic heterocycles. The summed E-state index contributed by atoms with van der Waals surface area (Å²) in [4.78, 5) is 35.5. The van der Waals surface area contributed by atoms with E-state index in [1.165, 1.54) is 0 Å². The molecule has 1 aliphatic carbocycles. The molecule has 0 radical (unpaired) electrons. The number of nitrogens with one attached hydrogen (secondary N) is 1. The van der Waals surface area contributed by atoms with Crippen LogP contribution in [0.4, 0.5) is 4.79 Å². The number of urea groups is 1. The first-order valence-electron chi connectivity index (χ1n) is 7.00. The van der Waals surface area contributed by atoms with Gasteiger partial charge in [0.05, 0.1) is 6.42 Å². The normalized spacial score (nSPS) is 26.7. The van der Waals surface area contributed by atoms with Crippen molar-refractivity contribution in [3.63, 3.8) is 0 Å². The van der Waals surface area contributed by atoms with Gasteiger partial charge in [0, 0.05) is 12.6 Å². The number of nitrogens with zero attached hydrogens (tertiary/aromatic N) is 1. The van der Waals surface area contributed by atoms with Crippen LogP contribution in [-0.2, 0) is 9.59 Å². The lowest BCUT2D eigenvalue weighted by molar-refractivity contribution is -0.145. The number of amides is 2. The Morgan fingerprint density at radius 3 is 2.50 bits per heavy atom. The smallest absolute Gasteiger partial charge is 0.326 e. The summed E-state index contributed by atoms with van der Waals surface area (Å²) in [5.74, 6) is -2.05. The molecular weight excluding hydrogens is 264 g/mol. The van der Waals surface area contributed by atoms with E-state index in [0.29, 0.717) is 12.5 Å². The monoisotopic (exact) mass is 284 g/mol. The van der Waals surface area contributed by atoms with Crippen molar-refractivity contribution in [2.75, 3.05) is 6.54 Å². The van der Waals surface area contributed by atoms with E-state index in [-0.39, 0.29) is 6.04 Å². The third-order valence-electron chi connectivity index (χ3n) is 4.23. The van der Waals surface area contributed by atoms with Gasteiger partial charge in [-0.3, -0.25) is 4.79 Å². The van der Waals surface area contributed by atoms with Crippen molar-refractivity contribution in [3.05, 3.63) is 0 Å². The molecule has 0 aromatic rings. The minimum atomic E-state index is -1.37. The average Bonchev–Trinajstić information content (AvgIpc) is 2.84. The summed E-state index contributed by atoms with van der Waals surface area (Å²) in [6.07, 6.45) is 4.59. The Labute approximate surface area is 116 Å². The van der Waals surface area contributed by atoms with E-state index < -0.39 is 30.4 Å². The number of likely N-dealkylation sites (tertiary alicyclic amines) is 1. The van der Waals surface area contributed by atoms with Crippen LogP contribution < -0.4 is 5.32 Å². The predicted octanol–water partition coefficient (Wildman–Crippen LogP) is 0.888. The van der Waals surface area contributed by atoms with Gasteiger partial charge in [0.2, 0.25) is 0 Å². The summed E-state index contributed by atoms with van der Waals surface area (Å²) in [5, 5.41) is 20.0. The van der Waals surface area contributed by atoms with Crippen molar-refractivity contribution in [2.45, 2.75) is 50.6 Å². The number of hydrogen-bond acceptors (Lipinski definition) is 3. The molecule has 2 fully saturated rings. The maximum atomic E-state index is 12.2. The van der Waals surface area contributed by atoms with Crippen LogP contribution in [0.2, 0.25) is 0 Å². The van der Waals surface area contributed by atoms with Crippen molar-refractivity contribution in [1.82, 2.24) is 10.2 Å². The molecule has 20 heavy (non-hydrogen) atoms. The largest absolute Gasteiger partial charge is 0.481 e. The lowest BCUT2D eigenvalue weighted by atomic mass is 9.92. The Kier molecular flexibility index (Phi) is 4.46. The minimum absolute atomic E-state index is 0.183. The number of rotatable bonds is 4. The first kappa shape index (κ1) is 14.6. The molecule has 1 aliphatic heterocycles. The number of hydrogen-bond donors (Lipinski definition) is 3. The Morgan fingerprint density at radius 1 is 1.15 bits per heavy atom. The number of aliphatic carboxylic acids is 2. The molecule has 1 saturated carbocycles. The zero-order valence-corrected chi connectivity index (χ0v) is 11.2. The van der Waals surface area contributed by atoms with Gasteiger partial charge in [0.1, 0.15) is 6.04 Å². The van der Waals surface area contributed by atoms with Crippen molar-refractivity contribution in [2.24, 2.45) is 5.92 Å². The second kappa shape index (κ2) is 6.11. The van der Waals surface area contributed by atoms with Gasteiger partial charge in [0.25, 0.3) is 0 Å². The highest BCUT2D eigenvalue weighted by molar-refractivity contribution is 5.86. The predicted molar refractivity (Wildman–Crippen MR) is 69.3 cm³/mol. The molecule has 1 heterocycles. The van der Waals surface area contributed by atoms with E-state index in [4.69, 9.17) is 10.2 Å². The molecule has 0 aromatic carbocycles. The topological polar surface area (TPSA) is 107 Å². The van der Waals surface area contributed by atoms with Crippen molar-refractivity contribution in [1.29, 1.82) is 0 Å². The lowest BCUT2D eigenvalue weighted by Crippen LogP contribution is -2.54. The maximum Gasteiger partial charge on any atom is 0.326 e. The third-order valence-corrected chi connectivity index (χ3v) is 4.23. The maximum absolute atomic E-state index is 12.2. The molecule has 2 aliphatic rings. The molecule has 7 nitrogen and oxygen atoms in total. The fourth-order valence-corrected chi connectivity index (χ4v) is 3.31. The van der Waals surface area contributed by atoms with E-state index in [1.807, 2.05) is 0 Å². The average molecular weight is 284 g/mol. The number of fused-ring (bicyclic) bond motifs is 1. The van der Waals surface area contributed by atoms with Gasteiger partial charge in [-0.05, 0) is 31.6 Å². The molecular formula is C13H20N2O5. The van der Waals surface area contributed by atoms with Gasteiger partial charge in [0.15, 0.2) is 0 Å². The van der Waals surface area contributed by atoms with Crippen LogP contribution in [0.1, 0.15) is 38.5 Å². The van der Waals surface area contributed by atoms with Crippen molar-refractivity contribution in [3.8, 4) is 0 Å². The first-order valence-corrected chi connectivity index (χ1v) is 7.00. The quantitative estimate of drug-likeness (QED) is 0.710. The van der Waals surface area contributed by atoms with E-state index in [9.17, 15) is 14.4 Å². The molecule has 3 N–H and O–H groups in total. The SMILES string of the molecule is O=C(O)C[C@H](NC(=O)N1CCCC2CCCC21)C(=O)O. The highest BCUT2D eigenvalue weighted by atomic mass is 16.4. The Balaban J connectivity index is 1.98. The van der Waals surface area contributed by atoms with Gasteiger partial charge < -0.3 is 20.4 Å². The second-order valence-corrected chi connectivity index (χ2v) is 5.53. The second-order valence-electron chi connectivity index (χ2n) is 5.53. The number of piperidine rings is 1. The first-order chi connectivity index (χ1) is 9.49. The Bertz CT molecular complexity index is 412. The van der Waals surface area contributed by atoms with Crippen LogP contribution in [0.5, 0.6) is 0 Å². The standard InChI is InChI=1S/C13H20N2O5/c16-11(17)7-9(12(18)19)14-13(20)15-6-2-4-8-3-1-5-10(8)15/h8-10H,1-7H2,(H,14,20)(H,16,17)(H,18,19)/t8?,9-,10?/m0/s1. The van der Waals surface area contributed by atoms with Gasteiger partial charge in [-0.25, -0.2) is 9.59 Å². The number of carboxylic acids is 2. The Morgan fingerprint density at radius 2 is 1.85 bits per heavy atom. The molecule has 0 spiro atoms. The zero-order valence-electron chi connectivity index (χ0n) is 11.2. The third kappa shape index (κ3) is 3.20. The molecule has 2 unspecified atom stereocenters. The van der Waals surface area contributed by atoms with E-state index >= 15 is 0 Å². The van der Waals surface area contributed by atoms with Crippen LogP contribution >= 0.6 is 0 Å². The van der Waals surface area contributed by atoms with Gasteiger partial charge in [-0.2, -0.15) is 0 Å². The highest BCUT2D eigenvalue weighted by Gasteiger charge is 2.38. The van der Waals surface area contributed by atoms with Crippen LogP contribution in [0.3, 0.4) is 0 Å². The molecule has 112 valence electrons. The van der Waals surface area contributed by atoms with Crippen LogP contribution in [0.25, 0.3) is 0 Å². The number of carbonyl (C=O) groups is 3. The summed E-state index contributed by atoms with van der Waals surface area (Å²) in [6, 6.07) is -1.64. The van der Waals surface area contributed by atoms with Gasteiger partial charge in [-0.15, -0.1) is 0 Å². The fraction of sp³-hybridized carbons (Fsp3) is 0.769. The summed E-state index contributed by atoms with van der Waals surface area (Å²) < 4.78 is 0. The van der Waals surface area contributed by atoms with Crippen molar-refractivity contribution >= 4 is 18.0 Å².